The standard InChI is InChI=1S/C15H22N2O2/c1-19-14-4-2-3-13(14)17-15(18)9-11-5-7-12(10-16)8-6-11/h5-8,13-14H,2-4,9-10,16H2,1H3,(H,17,18). The molecular weight excluding hydrogens is 240 g/mol. The van der Waals surface area contributed by atoms with Gasteiger partial charge in [0.2, 0.25) is 5.91 Å². The number of rotatable bonds is 5. The summed E-state index contributed by atoms with van der Waals surface area (Å²) in [5.74, 6) is 0.0643. The van der Waals surface area contributed by atoms with E-state index in [4.69, 9.17) is 10.5 Å². The molecule has 4 heteroatoms. The molecule has 1 saturated carbocycles. The summed E-state index contributed by atoms with van der Waals surface area (Å²) in [6, 6.07) is 8.03. The highest BCUT2D eigenvalue weighted by Gasteiger charge is 2.28. The topological polar surface area (TPSA) is 64.3 Å². The molecule has 0 spiro atoms. The van der Waals surface area contributed by atoms with E-state index in [1.165, 1.54) is 0 Å². The average Bonchev–Trinajstić information content (AvgIpc) is 2.86. The molecule has 2 unspecified atom stereocenters. The number of nitrogens with two attached hydrogens (primary N) is 1. The monoisotopic (exact) mass is 262 g/mol. The van der Waals surface area contributed by atoms with E-state index in [1.54, 1.807) is 7.11 Å². The van der Waals surface area contributed by atoms with Crippen LogP contribution < -0.4 is 11.1 Å². The quantitative estimate of drug-likeness (QED) is 0.842. The molecule has 0 aliphatic heterocycles. The van der Waals surface area contributed by atoms with Gasteiger partial charge in [0.1, 0.15) is 0 Å². The van der Waals surface area contributed by atoms with Gasteiger partial charge in [-0.05, 0) is 30.4 Å². The van der Waals surface area contributed by atoms with Gasteiger partial charge in [0, 0.05) is 13.7 Å². The van der Waals surface area contributed by atoms with E-state index in [-0.39, 0.29) is 18.1 Å². The van der Waals surface area contributed by atoms with Crippen molar-refractivity contribution in [3.8, 4) is 0 Å². The van der Waals surface area contributed by atoms with Crippen LogP contribution in [0.25, 0.3) is 0 Å². The Kier molecular flexibility index (Phi) is 4.93. The number of amides is 1. The molecule has 0 heterocycles. The fourth-order valence-electron chi connectivity index (χ4n) is 2.61. The Morgan fingerprint density at radius 3 is 2.63 bits per heavy atom. The van der Waals surface area contributed by atoms with Crippen molar-refractivity contribution in [2.75, 3.05) is 7.11 Å². The predicted molar refractivity (Wildman–Crippen MR) is 74.6 cm³/mol. The van der Waals surface area contributed by atoms with Gasteiger partial charge in [0.05, 0.1) is 18.6 Å². The molecule has 1 aliphatic rings. The Bertz CT molecular complexity index is 417. The lowest BCUT2D eigenvalue weighted by atomic mass is 10.1. The van der Waals surface area contributed by atoms with Crippen LogP contribution in [0.3, 0.4) is 0 Å². The van der Waals surface area contributed by atoms with E-state index in [9.17, 15) is 4.79 Å². The highest BCUT2D eigenvalue weighted by molar-refractivity contribution is 5.79. The van der Waals surface area contributed by atoms with Crippen LogP contribution in [0.4, 0.5) is 0 Å². The number of hydrogen-bond donors (Lipinski definition) is 2. The molecule has 0 saturated heterocycles. The zero-order valence-electron chi connectivity index (χ0n) is 11.4. The summed E-state index contributed by atoms with van der Waals surface area (Å²) in [5, 5.41) is 3.07. The van der Waals surface area contributed by atoms with Crippen molar-refractivity contribution < 1.29 is 9.53 Å². The summed E-state index contributed by atoms with van der Waals surface area (Å²) in [4.78, 5) is 12.0. The van der Waals surface area contributed by atoms with Crippen molar-refractivity contribution in [3.63, 3.8) is 0 Å². The van der Waals surface area contributed by atoms with Gasteiger partial charge >= 0.3 is 0 Å². The van der Waals surface area contributed by atoms with Crippen LogP contribution >= 0.6 is 0 Å². The summed E-state index contributed by atoms with van der Waals surface area (Å²) in [5.41, 5.74) is 7.65. The molecule has 1 aliphatic carbocycles. The maximum absolute atomic E-state index is 12.0. The largest absolute Gasteiger partial charge is 0.379 e. The van der Waals surface area contributed by atoms with E-state index < -0.39 is 0 Å². The van der Waals surface area contributed by atoms with Crippen LogP contribution in [0.2, 0.25) is 0 Å². The van der Waals surface area contributed by atoms with Gasteiger partial charge in [0.15, 0.2) is 0 Å². The molecule has 0 radical (unpaired) electrons. The van der Waals surface area contributed by atoms with Crippen LogP contribution in [0, 0.1) is 0 Å². The predicted octanol–water partition coefficient (Wildman–Crippen LogP) is 1.37. The second-order valence-electron chi connectivity index (χ2n) is 5.08. The third kappa shape index (κ3) is 3.78. The fraction of sp³-hybridized carbons (Fsp3) is 0.533. The first-order chi connectivity index (χ1) is 9.22. The second kappa shape index (κ2) is 6.68. The molecule has 2 rings (SSSR count). The smallest absolute Gasteiger partial charge is 0.224 e. The Morgan fingerprint density at radius 1 is 1.32 bits per heavy atom. The lowest BCUT2D eigenvalue weighted by Crippen LogP contribution is -2.41. The number of carbonyl (C=O) groups excluding carboxylic acids is 1. The Labute approximate surface area is 114 Å². The zero-order chi connectivity index (χ0) is 13.7. The van der Waals surface area contributed by atoms with Gasteiger partial charge in [-0.15, -0.1) is 0 Å². The van der Waals surface area contributed by atoms with Gasteiger partial charge in [-0.1, -0.05) is 24.3 Å². The van der Waals surface area contributed by atoms with E-state index in [2.05, 4.69) is 5.32 Å². The molecule has 1 fully saturated rings. The molecule has 0 aromatic heterocycles. The lowest BCUT2D eigenvalue weighted by molar-refractivity contribution is -0.121. The molecule has 4 nitrogen and oxygen atoms in total. The van der Waals surface area contributed by atoms with Crippen LogP contribution in [0.15, 0.2) is 24.3 Å². The summed E-state index contributed by atoms with van der Waals surface area (Å²) >= 11 is 0. The maximum atomic E-state index is 12.0. The minimum atomic E-state index is 0.0643. The molecule has 19 heavy (non-hydrogen) atoms. The molecule has 3 N–H and O–H groups in total. The van der Waals surface area contributed by atoms with Crippen LogP contribution in [-0.2, 0) is 22.5 Å². The maximum Gasteiger partial charge on any atom is 0.224 e. The highest BCUT2D eigenvalue weighted by atomic mass is 16.5. The lowest BCUT2D eigenvalue weighted by Gasteiger charge is -2.19. The molecular formula is C15H22N2O2. The highest BCUT2D eigenvalue weighted by Crippen LogP contribution is 2.21. The third-order valence-corrected chi connectivity index (χ3v) is 3.73. The summed E-state index contributed by atoms with van der Waals surface area (Å²) in [7, 11) is 1.71. The van der Waals surface area contributed by atoms with Gasteiger partial charge in [0.25, 0.3) is 0 Å². The molecule has 1 aromatic rings. The van der Waals surface area contributed by atoms with Crippen molar-refractivity contribution in [1.29, 1.82) is 0 Å². The van der Waals surface area contributed by atoms with Crippen molar-refractivity contribution in [2.45, 2.75) is 44.4 Å². The van der Waals surface area contributed by atoms with Gasteiger partial charge < -0.3 is 15.8 Å². The van der Waals surface area contributed by atoms with E-state index in [1.807, 2.05) is 24.3 Å². The van der Waals surface area contributed by atoms with Crippen LogP contribution in [0.5, 0.6) is 0 Å². The van der Waals surface area contributed by atoms with Gasteiger partial charge in [-0.3, -0.25) is 4.79 Å². The number of hydrogen-bond acceptors (Lipinski definition) is 3. The molecule has 0 bridgehead atoms. The minimum absolute atomic E-state index is 0.0643. The van der Waals surface area contributed by atoms with Crippen LogP contribution in [0.1, 0.15) is 30.4 Å². The van der Waals surface area contributed by atoms with E-state index in [0.717, 1.165) is 30.4 Å². The number of ether oxygens (including phenoxy) is 1. The molecule has 104 valence electrons. The molecule has 1 aromatic carbocycles. The van der Waals surface area contributed by atoms with Crippen molar-refractivity contribution >= 4 is 5.91 Å². The fourth-order valence-corrected chi connectivity index (χ4v) is 2.61. The number of methoxy groups -OCH3 is 1. The summed E-state index contributed by atoms with van der Waals surface area (Å²) in [6.07, 6.45) is 3.75. The normalized spacial score (nSPS) is 22.4. The Morgan fingerprint density at radius 2 is 2.00 bits per heavy atom. The first-order valence-corrected chi connectivity index (χ1v) is 6.83. The van der Waals surface area contributed by atoms with Crippen LogP contribution in [-0.4, -0.2) is 25.2 Å². The van der Waals surface area contributed by atoms with Crippen molar-refractivity contribution in [3.05, 3.63) is 35.4 Å². The third-order valence-electron chi connectivity index (χ3n) is 3.73. The Balaban J connectivity index is 1.86. The molecule has 1 amide bonds. The average molecular weight is 262 g/mol. The van der Waals surface area contributed by atoms with Crippen molar-refractivity contribution in [2.24, 2.45) is 5.73 Å². The van der Waals surface area contributed by atoms with Crippen molar-refractivity contribution in [1.82, 2.24) is 5.32 Å². The van der Waals surface area contributed by atoms with Gasteiger partial charge in [-0.25, -0.2) is 0 Å². The SMILES string of the molecule is COC1CCCC1NC(=O)Cc1ccc(CN)cc1. The summed E-state index contributed by atoms with van der Waals surface area (Å²) in [6.45, 7) is 0.532. The number of nitrogens with one attached hydrogen (secondary N) is 1. The second-order valence-corrected chi connectivity index (χ2v) is 5.08. The molecule has 2 atom stereocenters. The summed E-state index contributed by atoms with van der Waals surface area (Å²) < 4.78 is 5.38. The number of benzene rings is 1. The first-order valence-electron chi connectivity index (χ1n) is 6.83. The minimum Gasteiger partial charge on any atom is -0.379 e. The van der Waals surface area contributed by atoms with Gasteiger partial charge in [-0.2, -0.15) is 0 Å². The van der Waals surface area contributed by atoms with E-state index >= 15 is 0 Å². The first kappa shape index (κ1) is 14.0. The zero-order valence-corrected chi connectivity index (χ0v) is 11.4. The number of carbonyl (C=O) groups is 1. The van der Waals surface area contributed by atoms with E-state index in [0.29, 0.717) is 13.0 Å². The Hall–Kier alpha value is -1.39.